The summed E-state index contributed by atoms with van der Waals surface area (Å²) >= 11 is 5.26. The molecule has 0 aromatic heterocycles. The van der Waals surface area contributed by atoms with Gasteiger partial charge in [-0.05, 0) is 24.3 Å². The van der Waals surface area contributed by atoms with E-state index in [0.29, 0.717) is 12.1 Å². The van der Waals surface area contributed by atoms with Crippen LogP contribution in [0.3, 0.4) is 0 Å². The molecular weight excluding hydrogens is 319 g/mol. The van der Waals surface area contributed by atoms with Gasteiger partial charge in [-0.3, -0.25) is 0 Å². The predicted molar refractivity (Wildman–Crippen MR) is 51.4 cm³/mol. The van der Waals surface area contributed by atoms with E-state index in [0.717, 1.165) is 0 Å². The molecule has 17 heavy (non-hydrogen) atoms. The molecule has 0 aliphatic carbocycles. The molecule has 3 nitrogen and oxygen atoms in total. The number of halogens is 5. The van der Waals surface area contributed by atoms with E-state index in [4.69, 9.17) is 11.6 Å². The van der Waals surface area contributed by atoms with Gasteiger partial charge in [-0.15, -0.1) is 15.5 Å². The first-order valence-corrected chi connectivity index (χ1v) is 7.85. The van der Waals surface area contributed by atoms with Crippen molar-refractivity contribution in [2.24, 2.45) is 0 Å². The second-order valence-electron chi connectivity index (χ2n) is 2.86. The Kier molecular flexibility index (Phi) is 4.11. The minimum atomic E-state index is -9.87. The van der Waals surface area contributed by atoms with Crippen molar-refractivity contribution < 1.29 is 58.1 Å². The average Bonchev–Trinajstić information content (AvgIpc) is 2.00. The zero-order valence-electron chi connectivity index (χ0n) is 8.24. The molecule has 0 atom stereocenters. The first-order chi connectivity index (χ1) is 6.78. The number of rotatable bonds is 2. The summed E-state index contributed by atoms with van der Waals surface area (Å²) in [6.07, 6.45) is 0. The van der Waals surface area contributed by atoms with Gasteiger partial charge in [-0.1, -0.05) is 11.6 Å². The summed E-state index contributed by atoms with van der Waals surface area (Å²) in [5.41, 5.74) is 0. The number of hydrogen-bond acceptors (Lipinski definition) is 3. The van der Waals surface area contributed by atoms with Gasteiger partial charge in [0.2, 0.25) is 9.15 Å². The summed E-state index contributed by atoms with van der Waals surface area (Å²) in [7, 11) is -17.0. The predicted octanol–water partition coefficient (Wildman–Crippen LogP) is 0.577. The van der Waals surface area contributed by atoms with Gasteiger partial charge >= 0.3 is 29.6 Å². The van der Waals surface area contributed by atoms with Crippen molar-refractivity contribution in [3.8, 4) is 0 Å². The Morgan fingerprint density at radius 3 is 1.71 bits per heavy atom. The molecule has 0 saturated heterocycles. The van der Waals surface area contributed by atoms with E-state index >= 15 is 0 Å². The molecule has 0 aliphatic rings. The Balaban J connectivity index is 0.00000256. The van der Waals surface area contributed by atoms with Crippen LogP contribution in [0.1, 0.15) is 0 Å². The maximum atomic E-state index is 13.0. The minimum Gasteiger partial charge on any atom is -0.734 e. The zero-order valence-corrected chi connectivity index (χ0v) is 12.6. The number of hydrogen-bond donors (Lipinski definition) is 0. The van der Waals surface area contributed by atoms with E-state index in [2.05, 4.69) is 0 Å². The van der Waals surface area contributed by atoms with Crippen LogP contribution in [-0.4, -0.2) is 13.0 Å². The van der Waals surface area contributed by atoms with Gasteiger partial charge in [-0.25, -0.2) is 8.42 Å². The van der Waals surface area contributed by atoms with E-state index in [1.807, 2.05) is 0 Å². The standard InChI is InChI=1S/C6H5ClF4O3S2.Na/c7-5-1-3-6(4-2-5)16(8,9,10,11)15(12,13)14;/h1-4H,(H,12,13,14);/q;+1/p-1. The normalized spacial score (nSPS) is 16.6. The summed E-state index contributed by atoms with van der Waals surface area (Å²) < 4.78 is 82.5. The Labute approximate surface area is 121 Å². The third-order valence-corrected chi connectivity index (χ3v) is 6.97. The van der Waals surface area contributed by atoms with Gasteiger partial charge in [0, 0.05) is 5.02 Å². The molecule has 0 spiro atoms. The molecule has 11 heteroatoms. The van der Waals surface area contributed by atoms with Crippen LogP contribution in [0.4, 0.5) is 15.5 Å². The summed E-state index contributed by atoms with van der Waals surface area (Å²) in [6, 6.07) is 1.50. The minimum absolute atomic E-state index is 0. The maximum absolute atomic E-state index is 13.0. The van der Waals surface area contributed by atoms with Crippen molar-refractivity contribution in [1.29, 1.82) is 0 Å². The molecule has 0 aliphatic heterocycles. The van der Waals surface area contributed by atoms with E-state index in [1.54, 1.807) is 0 Å². The SMILES string of the molecule is O=S(=O)([O-])S(F)(F)(F)(F)c1ccc(Cl)cc1.[Na+]. The molecule has 0 saturated carbocycles. The largest absolute Gasteiger partial charge is 1.00 e. The van der Waals surface area contributed by atoms with Gasteiger partial charge in [0.25, 0.3) is 8.87 Å². The third-order valence-electron chi connectivity index (χ3n) is 1.68. The van der Waals surface area contributed by atoms with E-state index < -0.39 is 22.9 Å². The second kappa shape index (κ2) is 3.99. The van der Waals surface area contributed by atoms with Crippen LogP contribution in [0.25, 0.3) is 0 Å². The van der Waals surface area contributed by atoms with Crippen molar-refractivity contribution in [3.05, 3.63) is 29.3 Å². The van der Waals surface area contributed by atoms with Gasteiger partial charge in [-0.2, -0.15) is 0 Å². The Bertz CT molecular complexity index is 538. The van der Waals surface area contributed by atoms with Crippen molar-refractivity contribution in [2.75, 3.05) is 0 Å². The Morgan fingerprint density at radius 2 is 1.41 bits per heavy atom. The van der Waals surface area contributed by atoms with E-state index in [9.17, 15) is 28.5 Å². The summed E-state index contributed by atoms with van der Waals surface area (Å²) in [6.45, 7) is 0. The van der Waals surface area contributed by atoms with E-state index in [-0.39, 0.29) is 46.7 Å². The van der Waals surface area contributed by atoms with Crippen LogP contribution in [0.2, 0.25) is 5.02 Å². The first-order valence-electron chi connectivity index (χ1n) is 3.50. The molecule has 0 radical (unpaired) electrons. The molecule has 0 N–H and O–H groups in total. The molecule has 0 bridgehead atoms. The first kappa shape index (κ1) is 17.5. The summed E-state index contributed by atoms with van der Waals surface area (Å²) in [4.78, 5) is -2.14. The maximum Gasteiger partial charge on any atom is 1.00 e. The fraction of sp³-hybridized carbons (Fsp3) is 0. The van der Waals surface area contributed by atoms with Gasteiger partial charge in [0.05, 0.1) is 4.90 Å². The van der Waals surface area contributed by atoms with Crippen molar-refractivity contribution in [3.63, 3.8) is 0 Å². The molecule has 0 fully saturated rings. The third kappa shape index (κ3) is 2.75. The van der Waals surface area contributed by atoms with Crippen molar-refractivity contribution >= 4 is 29.6 Å². The van der Waals surface area contributed by atoms with Gasteiger partial charge in [0.15, 0.2) is 0 Å². The quantitative estimate of drug-likeness (QED) is 0.346. The van der Waals surface area contributed by atoms with Crippen molar-refractivity contribution in [1.82, 2.24) is 0 Å². The molecule has 1 rings (SSSR count). The molecule has 0 unspecified atom stereocenters. The fourth-order valence-corrected chi connectivity index (χ4v) is 2.87. The molecular formula is C6H4ClF4NaO3S2. The van der Waals surface area contributed by atoms with Crippen LogP contribution in [0.15, 0.2) is 29.2 Å². The van der Waals surface area contributed by atoms with Gasteiger partial charge in [0.1, 0.15) is 0 Å². The van der Waals surface area contributed by atoms with Gasteiger partial charge < -0.3 is 4.55 Å². The monoisotopic (exact) mass is 322 g/mol. The van der Waals surface area contributed by atoms with E-state index in [1.165, 1.54) is 0 Å². The number of benzene rings is 1. The van der Waals surface area contributed by atoms with Crippen LogP contribution in [0, 0.1) is 0 Å². The Morgan fingerprint density at radius 1 is 1.06 bits per heavy atom. The average molecular weight is 323 g/mol. The molecule has 94 valence electrons. The summed E-state index contributed by atoms with van der Waals surface area (Å²) in [5.74, 6) is 0. The molecule has 0 amide bonds. The molecule has 0 heterocycles. The smallest absolute Gasteiger partial charge is 0.734 e. The topological polar surface area (TPSA) is 57.2 Å². The second-order valence-corrected chi connectivity index (χ2v) is 9.80. The molecule has 1 aromatic rings. The van der Waals surface area contributed by atoms with Crippen molar-refractivity contribution in [2.45, 2.75) is 4.90 Å². The Hall–Kier alpha value is 0.490. The van der Waals surface area contributed by atoms with Crippen LogP contribution < -0.4 is 29.6 Å². The zero-order chi connectivity index (χ0) is 12.9. The van der Waals surface area contributed by atoms with Crippen LogP contribution >= 0.6 is 20.5 Å². The molecule has 1 aromatic carbocycles. The fourth-order valence-electron chi connectivity index (χ4n) is 0.814. The van der Waals surface area contributed by atoms with Crippen LogP contribution in [0.5, 0.6) is 0 Å². The van der Waals surface area contributed by atoms with Crippen LogP contribution in [-0.2, 0) is 9.15 Å². The summed E-state index contributed by atoms with van der Waals surface area (Å²) in [5, 5.41) is -0.152.